The first-order chi connectivity index (χ1) is 7.47. The SMILES string of the molecule is Cc1ccc(C(N)C(C#N)C(C)C)c(C)c1. The minimum absolute atomic E-state index is 0.124. The molecule has 0 saturated heterocycles. The number of hydrogen-bond donors (Lipinski definition) is 1. The van der Waals surface area contributed by atoms with Crippen LogP contribution in [0.15, 0.2) is 18.2 Å². The molecule has 1 aromatic carbocycles. The molecule has 0 aliphatic carbocycles. The van der Waals surface area contributed by atoms with E-state index in [0.29, 0.717) is 0 Å². The van der Waals surface area contributed by atoms with E-state index in [-0.39, 0.29) is 17.9 Å². The Labute approximate surface area is 98.1 Å². The van der Waals surface area contributed by atoms with E-state index in [1.165, 1.54) is 11.1 Å². The van der Waals surface area contributed by atoms with E-state index >= 15 is 0 Å². The highest BCUT2D eigenvalue weighted by atomic mass is 14.7. The van der Waals surface area contributed by atoms with Crippen LogP contribution >= 0.6 is 0 Å². The third-order valence-corrected chi connectivity index (χ3v) is 3.04. The number of nitrogens with two attached hydrogens (primary N) is 1. The molecular weight excluding hydrogens is 196 g/mol. The molecule has 0 radical (unpaired) electrons. The van der Waals surface area contributed by atoms with E-state index in [9.17, 15) is 0 Å². The number of nitriles is 1. The van der Waals surface area contributed by atoms with Crippen molar-refractivity contribution in [2.24, 2.45) is 17.6 Å². The highest BCUT2D eigenvalue weighted by Crippen LogP contribution is 2.27. The largest absolute Gasteiger partial charge is 0.323 e. The van der Waals surface area contributed by atoms with Crippen molar-refractivity contribution in [2.75, 3.05) is 0 Å². The van der Waals surface area contributed by atoms with Crippen molar-refractivity contribution < 1.29 is 0 Å². The van der Waals surface area contributed by atoms with Gasteiger partial charge in [0.05, 0.1) is 12.0 Å². The number of nitrogens with zero attached hydrogens (tertiary/aromatic N) is 1. The Hall–Kier alpha value is -1.33. The smallest absolute Gasteiger partial charge is 0.0679 e. The van der Waals surface area contributed by atoms with Gasteiger partial charge in [-0.1, -0.05) is 37.6 Å². The average Bonchev–Trinajstić information content (AvgIpc) is 2.17. The second-order valence-electron chi connectivity index (χ2n) is 4.78. The summed E-state index contributed by atoms with van der Waals surface area (Å²) in [5.74, 6) is 0.155. The summed E-state index contributed by atoms with van der Waals surface area (Å²) in [7, 11) is 0. The van der Waals surface area contributed by atoms with Gasteiger partial charge in [-0.2, -0.15) is 5.26 Å². The summed E-state index contributed by atoms with van der Waals surface area (Å²) in [4.78, 5) is 0. The minimum atomic E-state index is -0.189. The number of hydrogen-bond acceptors (Lipinski definition) is 2. The highest BCUT2D eigenvalue weighted by Gasteiger charge is 2.23. The zero-order valence-corrected chi connectivity index (χ0v) is 10.5. The molecule has 1 rings (SSSR count). The van der Waals surface area contributed by atoms with Gasteiger partial charge in [-0.05, 0) is 30.9 Å². The molecule has 0 aliphatic rings. The molecule has 2 heteroatoms. The van der Waals surface area contributed by atoms with E-state index in [4.69, 9.17) is 11.0 Å². The Morgan fingerprint density at radius 2 is 1.88 bits per heavy atom. The van der Waals surface area contributed by atoms with Gasteiger partial charge in [0.25, 0.3) is 0 Å². The Kier molecular flexibility index (Phi) is 4.09. The first kappa shape index (κ1) is 12.7. The Bertz CT molecular complexity index is 402. The summed E-state index contributed by atoms with van der Waals surface area (Å²) < 4.78 is 0. The third-order valence-electron chi connectivity index (χ3n) is 3.04. The normalized spacial score (nSPS) is 14.6. The average molecular weight is 216 g/mol. The van der Waals surface area contributed by atoms with E-state index in [1.54, 1.807) is 0 Å². The second kappa shape index (κ2) is 5.14. The topological polar surface area (TPSA) is 49.8 Å². The van der Waals surface area contributed by atoms with E-state index in [2.05, 4.69) is 32.0 Å². The van der Waals surface area contributed by atoms with Gasteiger partial charge in [0.15, 0.2) is 0 Å². The quantitative estimate of drug-likeness (QED) is 0.844. The molecule has 0 aromatic heterocycles. The van der Waals surface area contributed by atoms with Gasteiger partial charge in [-0.25, -0.2) is 0 Å². The van der Waals surface area contributed by atoms with Crippen molar-refractivity contribution in [1.29, 1.82) is 5.26 Å². The van der Waals surface area contributed by atoms with Gasteiger partial charge in [0, 0.05) is 6.04 Å². The lowest BCUT2D eigenvalue weighted by atomic mass is 9.84. The maximum Gasteiger partial charge on any atom is 0.0679 e. The molecule has 0 saturated carbocycles. The Balaban J connectivity index is 3.05. The van der Waals surface area contributed by atoms with Gasteiger partial charge >= 0.3 is 0 Å². The molecule has 2 N–H and O–H groups in total. The molecule has 0 aliphatic heterocycles. The van der Waals surface area contributed by atoms with Crippen LogP contribution in [0, 0.1) is 37.0 Å². The first-order valence-corrected chi connectivity index (χ1v) is 5.69. The van der Waals surface area contributed by atoms with Crippen LogP contribution in [0.2, 0.25) is 0 Å². The first-order valence-electron chi connectivity index (χ1n) is 5.69. The van der Waals surface area contributed by atoms with Crippen LogP contribution in [0.4, 0.5) is 0 Å². The van der Waals surface area contributed by atoms with Crippen LogP contribution in [-0.4, -0.2) is 0 Å². The molecule has 16 heavy (non-hydrogen) atoms. The Morgan fingerprint density at radius 3 is 2.31 bits per heavy atom. The third kappa shape index (κ3) is 2.62. The van der Waals surface area contributed by atoms with Crippen LogP contribution in [0.1, 0.15) is 36.6 Å². The van der Waals surface area contributed by atoms with E-state index < -0.39 is 0 Å². The predicted molar refractivity (Wildman–Crippen MR) is 66.8 cm³/mol. The minimum Gasteiger partial charge on any atom is -0.323 e. The molecule has 0 heterocycles. The summed E-state index contributed by atoms with van der Waals surface area (Å²) in [5, 5.41) is 9.14. The van der Waals surface area contributed by atoms with Crippen LogP contribution < -0.4 is 5.73 Å². The van der Waals surface area contributed by atoms with Crippen LogP contribution in [0.5, 0.6) is 0 Å². The van der Waals surface area contributed by atoms with E-state index in [0.717, 1.165) is 5.56 Å². The second-order valence-corrected chi connectivity index (χ2v) is 4.78. The molecule has 0 bridgehead atoms. The fourth-order valence-electron chi connectivity index (χ4n) is 2.04. The zero-order valence-electron chi connectivity index (χ0n) is 10.5. The molecular formula is C14H20N2. The molecule has 86 valence electrons. The van der Waals surface area contributed by atoms with Crippen molar-refractivity contribution in [3.63, 3.8) is 0 Å². The standard InChI is InChI=1S/C14H20N2/c1-9(2)13(8-15)14(16)12-6-5-10(3)7-11(12)4/h5-7,9,13-14H,16H2,1-4H3. The predicted octanol–water partition coefficient (Wildman–Crippen LogP) is 3.10. The lowest BCUT2D eigenvalue weighted by Crippen LogP contribution is -2.25. The number of benzene rings is 1. The molecule has 1 aromatic rings. The summed E-state index contributed by atoms with van der Waals surface area (Å²) >= 11 is 0. The summed E-state index contributed by atoms with van der Waals surface area (Å²) in [5.41, 5.74) is 9.67. The van der Waals surface area contributed by atoms with E-state index in [1.807, 2.05) is 19.9 Å². The fraction of sp³-hybridized carbons (Fsp3) is 0.500. The van der Waals surface area contributed by atoms with Gasteiger partial charge in [-0.3, -0.25) is 0 Å². The molecule has 2 atom stereocenters. The molecule has 0 spiro atoms. The summed E-state index contributed by atoms with van der Waals surface area (Å²) in [6.07, 6.45) is 0. The lowest BCUT2D eigenvalue weighted by molar-refractivity contribution is 0.403. The molecule has 2 nitrogen and oxygen atoms in total. The van der Waals surface area contributed by atoms with Crippen LogP contribution in [0.25, 0.3) is 0 Å². The summed E-state index contributed by atoms with van der Waals surface area (Å²) in [6, 6.07) is 8.34. The number of rotatable bonds is 3. The van der Waals surface area contributed by atoms with Gasteiger partial charge in [0.2, 0.25) is 0 Å². The van der Waals surface area contributed by atoms with Gasteiger partial charge in [-0.15, -0.1) is 0 Å². The van der Waals surface area contributed by atoms with Crippen molar-refractivity contribution in [1.82, 2.24) is 0 Å². The maximum absolute atomic E-state index is 9.14. The van der Waals surface area contributed by atoms with Crippen molar-refractivity contribution in [2.45, 2.75) is 33.7 Å². The van der Waals surface area contributed by atoms with Gasteiger partial charge in [0.1, 0.15) is 0 Å². The lowest BCUT2D eigenvalue weighted by Gasteiger charge is -2.23. The highest BCUT2D eigenvalue weighted by molar-refractivity contribution is 5.33. The van der Waals surface area contributed by atoms with Gasteiger partial charge < -0.3 is 5.73 Å². The van der Waals surface area contributed by atoms with Crippen molar-refractivity contribution in [3.05, 3.63) is 34.9 Å². The van der Waals surface area contributed by atoms with Crippen LogP contribution in [0.3, 0.4) is 0 Å². The monoisotopic (exact) mass is 216 g/mol. The maximum atomic E-state index is 9.14. The fourth-order valence-corrected chi connectivity index (χ4v) is 2.04. The Morgan fingerprint density at radius 1 is 1.25 bits per heavy atom. The van der Waals surface area contributed by atoms with Crippen LogP contribution in [-0.2, 0) is 0 Å². The zero-order chi connectivity index (χ0) is 12.3. The van der Waals surface area contributed by atoms with Crippen molar-refractivity contribution in [3.8, 4) is 6.07 Å². The number of aryl methyl sites for hydroxylation is 2. The summed E-state index contributed by atoms with van der Waals surface area (Å²) in [6.45, 7) is 8.19. The molecule has 0 amide bonds. The molecule has 0 fully saturated rings. The molecule has 2 unspecified atom stereocenters. The van der Waals surface area contributed by atoms with Crippen molar-refractivity contribution >= 4 is 0 Å².